The van der Waals surface area contributed by atoms with Crippen LogP contribution in [-0.4, -0.2) is 28.3 Å². The van der Waals surface area contributed by atoms with E-state index in [1.54, 1.807) is 0 Å². The topological polar surface area (TPSA) is 16.1 Å². The standard InChI is InChI=1S/C8H8F3N.C4H10F3NS/c1-8(10,11)4-6-2-3-7(9)12-5-6;1-3-8(4-2)9(5,6)7/h2-3,5H,4H2,1H3;3-4H2,1-2H3. The third-order valence-electron chi connectivity index (χ3n) is 2.30. The molecule has 0 aliphatic rings. The number of pyridine rings is 1. The summed E-state index contributed by atoms with van der Waals surface area (Å²) in [5.74, 6) is -3.42. The van der Waals surface area contributed by atoms with Gasteiger partial charge in [0.05, 0.1) is 0 Å². The first-order valence-corrected chi connectivity index (χ1v) is 7.44. The van der Waals surface area contributed by atoms with Crippen LogP contribution in [0.1, 0.15) is 26.3 Å². The van der Waals surface area contributed by atoms with Crippen LogP contribution in [0.5, 0.6) is 0 Å². The maximum Gasteiger partial charge on any atom is 0.278 e. The van der Waals surface area contributed by atoms with E-state index in [1.165, 1.54) is 19.9 Å². The number of hydrogen-bond donors (Lipinski definition) is 0. The molecule has 1 aromatic heterocycles. The second-order valence-electron chi connectivity index (χ2n) is 4.23. The lowest BCUT2D eigenvalue weighted by atomic mass is 10.1. The van der Waals surface area contributed by atoms with E-state index >= 15 is 0 Å². The van der Waals surface area contributed by atoms with Crippen LogP contribution in [-0.2, 0) is 6.42 Å². The first-order chi connectivity index (χ1) is 9.49. The van der Waals surface area contributed by atoms with Crippen molar-refractivity contribution in [2.45, 2.75) is 33.1 Å². The van der Waals surface area contributed by atoms with E-state index in [9.17, 15) is 24.8 Å². The predicted molar refractivity (Wildman–Crippen MR) is 72.4 cm³/mol. The van der Waals surface area contributed by atoms with Gasteiger partial charge >= 0.3 is 0 Å². The Balaban J connectivity index is 0.000000400. The van der Waals surface area contributed by atoms with Crippen LogP contribution in [0.2, 0.25) is 0 Å². The van der Waals surface area contributed by atoms with Gasteiger partial charge in [0, 0.05) is 25.7 Å². The average molecular weight is 336 g/mol. The van der Waals surface area contributed by atoms with Crippen molar-refractivity contribution in [1.82, 2.24) is 9.29 Å². The number of aromatic nitrogens is 1. The van der Waals surface area contributed by atoms with Gasteiger partial charge in [-0.1, -0.05) is 19.9 Å². The lowest BCUT2D eigenvalue weighted by molar-refractivity contribution is 0.0225. The van der Waals surface area contributed by atoms with Crippen molar-refractivity contribution in [3.05, 3.63) is 29.8 Å². The second-order valence-corrected chi connectivity index (χ2v) is 5.51. The summed E-state index contributed by atoms with van der Waals surface area (Å²) in [7, 11) is 0. The first-order valence-electron chi connectivity index (χ1n) is 6.15. The van der Waals surface area contributed by atoms with Crippen LogP contribution in [0, 0.1) is 5.95 Å². The molecule has 1 aromatic rings. The van der Waals surface area contributed by atoms with Gasteiger partial charge in [-0.2, -0.15) is 8.70 Å². The summed E-state index contributed by atoms with van der Waals surface area (Å²) in [6.07, 6.45) is 0.715. The minimum absolute atomic E-state index is 0.0648. The highest BCUT2D eigenvalue weighted by Crippen LogP contribution is 2.55. The molecule has 0 amide bonds. The van der Waals surface area contributed by atoms with Gasteiger partial charge in [0.2, 0.25) is 11.9 Å². The molecule has 0 aliphatic carbocycles. The van der Waals surface area contributed by atoms with Crippen LogP contribution >= 0.6 is 11.4 Å². The van der Waals surface area contributed by atoms with Crippen molar-refractivity contribution in [3.8, 4) is 0 Å². The molecule has 0 aliphatic heterocycles. The van der Waals surface area contributed by atoms with Crippen molar-refractivity contribution in [2.75, 3.05) is 13.1 Å². The van der Waals surface area contributed by atoms with Crippen molar-refractivity contribution in [1.29, 1.82) is 0 Å². The smallest absolute Gasteiger partial charge is 0.228 e. The monoisotopic (exact) mass is 336 g/mol. The zero-order valence-corrected chi connectivity index (χ0v) is 12.7. The molecule has 0 radical (unpaired) electrons. The fourth-order valence-electron chi connectivity index (χ4n) is 1.39. The fraction of sp³-hybridized carbons (Fsp3) is 0.583. The van der Waals surface area contributed by atoms with E-state index in [1.807, 2.05) is 0 Å². The highest BCUT2D eigenvalue weighted by Gasteiger charge is 2.27. The lowest BCUT2D eigenvalue weighted by Crippen LogP contribution is -2.19. The zero-order valence-electron chi connectivity index (χ0n) is 11.9. The minimum atomic E-state index is -4.93. The Morgan fingerprint density at radius 2 is 1.67 bits per heavy atom. The minimum Gasteiger partial charge on any atom is -0.228 e. The van der Waals surface area contributed by atoms with Crippen LogP contribution in [0.25, 0.3) is 0 Å². The van der Waals surface area contributed by atoms with Crippen LogP contribution in [0.4, 0.5) is 24.8 Å². The van der Waals surface area contributed by atoms with Crippen molar-refractivity contribution >= 4 is 11.4 Å². The molecular weight excluding hydrogens is 318 g/mol. The lowest BCUT2D eigenvalue weighted by Gasteiger charge is -2.23. The Bertz CT molecular complexity index is 398. The third kappa shape index (κ3) is 9.57. The SMILES string of the molecule is CC(F)(F)Cc1ccc(F)nc1.CCN(CC)S(F)(F)F. The Morgan fingerprint density at radius 1 is 1.14 bits per heavy atom. The molecule has 2 nitrogen and oxygen atoms in total. The van der Waals surface area contributed by atoms with Gasteiger partial charge in [0.1, 0.15) is 0 Å². The average Bonchev–Trinajstić information content (AvgIpc) is 2.31. The Morgan fingerprint density at radius 3 is 1.90 bits per heavy atom. The van der Waals surface area contributed by atoms with E-state index in [0.29, 0.717) is 9.87 Å². The van der Waals surface area contributed by atoms with Crippen LogP contribution < -0.4 is 0 Å². The number of nitrogens with zero attached hydrogens (tertiary/aromatic N) is 2. The molecule has 0 bridgehead atoms. The number of hydrogen-bond acceptors (Lipinski definition) is 2. The summed E-state index contributed by atoms with van der Waals surface area (Å²) in [6.45, 7) is 3.95. The summed E-state index contributed by atoms with van der Waals surface area (Å²) in [5, 5.41) is 0. The molecule has 1 heterocycles. The highest BCUT2D eigenvalue weighted by atomic mass is 32.3. The van der Waals surface area contributed by atoms with Crippen molar-refractivity contribution in [3.63, 3.8) is 0 Å². The van der Waals surface area contributed by atoms with Gasteiger partial charge in [-0.25, -0.2) is 13.8 Å². The number of alkyl halides is 2. The molecule has 124 valence electrons. The molecule has 0 fully saturated rings. The third-order valence-corrected chi connectivity index (χ3v) is 3.40. The van der Waals surface area contributed by atoms with E-state index in [4.69, 9.17) is 0 Å². The predicted octanol–water partition coefficient (Wildman–Crippen LogP) is 5.12. The first kappa shape index (κ1) is 20.0. The molecule has 0 spiro atoms. The van der Waals surface area contributed by atoms with E-state index in [2.05, 4.69) is 4.98 Å². The molecule has 9 heteroatoms. The molecule has 1 rings (SSSR count). The van der Waals surface area contributed by atoms with Gasteiger partial charge in [0.15, 0.2) is 0 Å². The molecule has 0 unspecified atom stereocenters. The summed E-state index contributed by atoms with van der Waals surface area (Å²) in [5.41, 5.74) is 0.337. The van der Waals surface area contributed by atoms with Crippen molar-refractivity contribution < 1.29 is 24.8 Å². The molecule has 0 N–H and O–H groups in total. The Hall–Kier alpha value is -0.960. The Labute approximate surface area is 122 Å². The summed E-state index contributed by atoms with van der Waals surface area (Å²) in [6, 6.07) is 2.38. The van der Waals surface area contributed by atoms with Gasteiger partial charge in [-0.15, -0.1) is 11.7 Å². The second kappa shape index (κ2) is 8.47. The summed E-state index contributed by atoms with van der Waals surface area (Å²) < 4.78 is 72.7. The maximum absolute atomic E-state index is 12.4. The number of rotatable bonds is 5. The molecule has 21 heavy (non-hydrogen) atoms. The zero-order chi connectivity index (χ0) is 16.7. The summed E-state index contributed by atoms with van der Waals surface area (Å²) >= 11 is -4.93. The quantitative estimate of drug-likeness (QED) is 0.548. The normalized spacial score (nSPS) is 12.9. The summed E-state index contributed by atoms with van der Waals surface area (Å²) in [4.78, 5) is 3.26. The van der Waals surface area contributed by atoms with Gasteiger partial charge in [-0.3, -0.25) is 0 Å². The highest BCUT2D eigenvalue weighted by molar-refractivity contribution is 8.18. The fourth-order valence-corrected chi connectivity index (χ4v) is 1.97. The van der Waals surface area contributed by atoms with Gasteiger partial charge < -0.3 is 0 Å². The van der Waals surface area contributed by atoms with Crippen LogP contribution in [0.15, 0.2) is 18.3 Å². The van der Waals surface area contributed by atoms with E-state index in [0.717, 1.165) is 19.2 Å². The number of halogens is 6. The van der Waals surface area contributed by atoms with Gasteiger partial charge in [-0.05, 0) is 18.6 Å². The maximum atomic E-state index is 12.4. The van der Waals surface area contributed by atoms with Crippen molar-refractivity contribution in [2.24, 2.45) is 0 Å². The van der Waals surface area contributed by atoms with Gasteiger partial charge in [0.25, 0.3) is 11.4 Å². The molecule has 0 saturated carbocycles. The Kier molecular flexibility index (Phi) is 8.09. The molecular formula is C12H18F6N2S. The van der Waals surface area contributed by atoms with E-state index in [-0.39, 0.29) is 13.1 Å². The molecule has 0 atom stereocenters. The molecule has 0 aromatic carbocycles. The van der Waals surface area contributed by atoms with Crippen LogP contribution in [0.3, 0.4) is 0 Å². The molecule has 0 saturated heterocycles. The largest absolute Gasteiger partial charge is 0.278 e. The van der Waals surface area contributed by atoms with E-state index < -0.39 is 29.7 Å².